The largest absolute Gasteiger partial charge is 0.350 e. The highest BCUT2D eigenvalue weighted by Crippen LogP contribution is 2.08. The topological polar surface area (TPSA) is 90.5 Å². The van der Waals surface area contributed by atoms with Crippen molar-refractivity contribution in [2.45, 2.75) is 6.54 Å². The maximum Gasteiger partial charge on any atom is 0.252 e. The van der Waals surface area contributed by atoms with E-state index < -0.39 is 0 Å². The lowest BCUT2D eigenvalue weighted by Crippen LogP contribution is -2.27. The molecule has 0 spiro atoms. The predicted octanol–water partition coefficient (Wildman–Crippen LogP) is -0.0102. The number of hydrogen-bond acceptors (Lipinski definition) is 5. The number of carbonyl (C=O) groups is 1. The van der Waals surface area contributed by atoms with Crippen molar-refractivity contribution in [2.24, 2.45) is 7.05 Å². The number of aryl methyl sites for hydroxylation is 1. The molecule has 8 heteroatoms. The standard InChI is InChI=1S/C12H13N7O/c1-18-11-10(16-17-18)6-9(7-15-11)12(20)14-3-5-19-4-2-13-8-19/h2,4,6-8H,3,5H2,1H3,(H,14,20). The number of pyridine rings is 1. The fourth-order valence-electron chi connectivity index (χ4n) is 1.87. The van der Waals surface area contributed by atoms with Crippen LogP contribution in [0.1, 0.15) is 10.4 Å². The minimum absolute atomic E-state index is 0.176. The van der Waals surface area contributed by atoms with Crippen LogP contribution in [0.3, 0.4) is 0 Å². The number of imidazole rings is 1. The third-order valence-corrected chi connectivity index (χ3v) is 2.92. The molecule has 0 aliphatic heterocycles. The van der Waals surface area contributed by atoms with Crippen molar-refractivity contribution in [1.82, 2.24) is 34.8 Å². The minimum atomic E-state index is -0.176. The van der Waals surface area contributed by atoms with Crippen LogP contribution in [0.4, 0.5) is 0 Å². The van der Waals surface area contributed by atoms with Crippen LogP contribution < -0.4 is 5.32 Å². The first kappa shape index (κ1) is 12.3. The number of fused-ring (bicyclic) bond motifs is 1. The molecule has 1 N–H and O–H groups in total. The Kier molecular flexibility index (Phi) is 3.12. The van der Waals surface area contributed by atoms with Crippen molar-refractivity contribution in [3.05, 3.63) is 36.5 Å². The zero-order valence-corrected chi connectivity index (χ0v) is 10.9. The Bertz CT molecular complexity index is 731. The molecular weight excluding hydrogens is 258 g/mol. The molecule has 0 atom stereocenters. The Labute approximate surface area is 114 Å². The lowest BCUT2D eigenvalue weighted by atomic mass is 10.2. The summed E-state index contributed by atoms with van der Waals surface area (Å²) in [7, 11) is 1.76. The number of nitrogens with one attached hydrogen (secondary N) is 1. The average molecular weight is 271 g/mol. The predicted molar refractivity (Wildman–Crippen MR) is 70.9 cm³/mol. The Balaban J connectivity index is 1.66. The van der Waals surface area contributed by atoms with Gasteiger partial charge in [0.1, 0.15) is 5.52 Å². The second kappa shape index (κ2) is 5.08. The van der Waals surface area contributed by atoms with E-state index in [0.29, 0.717) is 29.8 Å². The van der Waals surface area contributed by atoms with E-state index in [1.54, 1.807) is 30.3 Å². The number of hydrogen-bond donors (Lipinski definition) is 1. The van der Waals surface area contributed by atoms with Crippen molar-refractivity contribution >= 4 is 17.1 Å². The zero-order valence-electron chi connectivity index (χ0n) is 10.9. The van der Waals surface area contributed by atoms with Crippen LogP contribution >= 0.6 is 0 Å². The molecule has 0 aromatic carbocycles. The molecule has 3 heterocycles. The normalized spacial score (nSPS) is 10.8. The molecule has 0 bridgehead atoms. The Hall–Kier alpha value is -2.77. The Morgan fingerprint density at radius 1 is 1.45 bits per heavy atom. The fraction of sp³-hybridized carbons (Fsp3) is 0.250. The van der Waals surface area contributed by atoms with E-state index >= 15 is 0 Å². The van der Waals surface area contributed by atoms with Gasteiger partial charge >= 0.3 is 0 Å². The SMILES string of the molecule is Cn1nnc2cc(C(=O)NCCn3ccnc3)cnc21. The van der Waals surface area contributed by atoms with E-state index in [-0.39, 0.29) is 5.91 Å². The third kappa shape index (κ3) is 2.35. The van der Waals surface area contributed by atoms with E-state index in [1.807, 2.05) is 10.8 Å². The summed E-state index contributed by atoms with van der Waals surface area (Å²) in [5.74, 6) is -0.176. The van der Waals surface area contributed by atoms with Gasteiger partial charge in [0.15, 0.2) is 5.65 Å². The monoisotopic (exact) mass is 271 g/mol. The summed E-state index contributed by atoms with van der Waals surface area (Å²) >= 11 is 0. The number of rotatable bonds is 4. The number of nitrogens with zero attached hydrogens (tertiary/aromatic N) is 6. The van der Waals surface area contributed by atoms with Gasteiger partial charge in [-0.2, -0.15) is 0 Å². The Morgan fingerprint density at radius 3 is 3.15 bits per heavy atom. The first-order valence-electron chi connectivity index (χ1n) is 6.13. The summed E-state index contributed by atoms with van der Waals surface area (Å²) in [6.45, 7) is 1.19. The lowest BCUT2D eigenvalue weighted by molar-refractivity contribution is 0.0952. The van der Waals surface area contributed by atoms with Crippen molar-refractivity contribution < 1.29 is 4.79 Å². The van der Waals surface area contributed by atoms with Gasteiger partial charge in [0.2, 0.25) is 0 Å². The molecule has 3 aromatic heterocycles. The van der Waals surface area contributed by atoms with Gasteiger partial charge in [-0.25, -0.2) is 14.6 Å². The summed E-state index contributed by atoms with van der Waals surface area (Å²) in [5, 5.41) is 10.6. The second-order valence-corrected chi connectivity index (χ2v) is 4.34. The van der Waals surface area contributed by atoms with Crippen LogP contribution in [0.5, 0.6) is 0 Å². The first-order valence-corrected chi connectivity index (χ1v) is 6.13. The van der Waals surface area contributed by atoms with Gasteiger partial charge in [0, 0.05) is 38.7 Å². The number of aromatic nitrogens is 6. The van der Waals surface area contributed by atoms with Gasteiger partial charge in [0.05, 0.1) is 11.9 Å². The summed E-state index contributed by atoms with van der Waals surface area (Å²) in [6, 6.07) is 1.68. The molecule has 20 heavy (non-hydrogen) atoms. The molecule has 3 rings (SSSR count). The molecule has 8 nitrogen and oxygen atoms in total. The van der Waals surface area contributed by atoms with Crippen LogP contribution in [-0.2, 0) is 13.6 Å². The van der Waals surface area contributed by atoms with Crippen LogP contribution in [0, 0.1) is 0 Å². The maximum absolute atomic E-state index is 12.0. The molecule has 1 amide bonds. The molecule has 0 radical (unpaired) electrons. The van der Waals surface area contributed by atoms with E-state index in [0.717, 1.165) is 0 Å². The first-order chi connectivity index (χ1) is 9.74. The van der Waals surface area contributed by atoms with Crippen LogP contribution in [-0.4, -0.2) is 42.0 Å². The molecule has 0 aliphatic carbocycles. The number of carbonyl (C=O) groups excluding carboxylic acids is 1. The average Bonchev–Trinajstić information content (AvgIpc) is 3.09. The Morgan fingerprint density at radius 2 is 2.35 bits per heavy atom. The molecular formula is C12H13N7O. The van der Waals surface area contributed by atoms with Gasteiger partial charge in [0.25, 0.3) is 5.91 Å². The zero-order chi connectivity index (χ0) is 13.9. The van der Waals surface area contributed by atoms with Crippen LogP contribution in [0.2, 0.25) is 0 Å². The summed E-state index contributed by atoms with van der Waals surface area (Å²) < 4.78 is 3.46. The van der Waals surface area contributed by atoms with Crippen LogP contribution in [0.15, 0.2) is 31.0 Å². The van der Waals surface area contributed by atoms with Crippen molar-refractivity contribution in [1.29, 1.82) is 0 Å². The van der Waals surface area contributed by atoms with Crippen molar-refractivity contribution in [3.63, 3.8) is 0 Å². The summed E-state index contributed by atoms with van der Waals surface area (Å²) in [6.07, 6.45) is 6.78. The third-order valence-electron chi connectivity index (χ3n) is 2.92. The van der Waals surface area contributed by atoms with E-state index in [2.05, 4.69) is 25.6 Å². The second-order valence-electron chi connectivity index (χ2n) is 4.34. The van der Waals surface area contributed by atoms with E-state index in [1.165, 1.54) is 6.20 Å². The van der Waals surface area contributed by atoms with Crippen LogP contribution in [0.25, 0.3) is 11.2 Å². The highest BCUT2D eigenvalue weighted by atomic mass is 16.1. The summed E-state index contributed by atoms with van der Waals surface area (Å²) in [5.41, 5.74) is 1.73. The minimum Gasteiger partial charge on any atom is -0.350 e. The molecule has 0 unspecified atom stereocenters. The van der Waals surface area contributed by atoms with Crippen molar-refractivity contribution in [3.8, 4) is 0 Å². The van der Waals surface area contributed by atoms with Crippen molar-refractivity contribution in [2.75, 3.05) is 6.54 Å². The smallest absolute Gasteiger partial charge is 0.252 e. The highest BCUT2D eigenvalue weighted by molar-refractivity contribution is 5.96. The molecule has 102 valence electrons. The molecule has 0 saturated carbocycles. The van der Waals surface area contributed by atoms with Gasteiger partial charge in [-0.3, -0.25) is 4.79 Å². The highest BCUT2D eigenvalue weighted by Gasteiger charge is 2.09. The molecule has 0 fully saturated rings. The van der Waals surface area contributed by atoms with Gasteiger partial charge in [-0.15, -0.1) is 5.10 Å². The van der Waals surface area contributed by atoms with Gasteiger partial charge in [-0.1, -0.05) is 5.21 Å². The molecule has 0 saturated heterocycles. The van der Waals surface area contributed by atoms with Gasteiger partial charge in [-0.05, 0) is 6.07 Å². The lowest BCUT2D eigenvalue weighted by Gasteiger charge is -2.05. The fourth-order valence-corrected chi connectivity index (χ4v) is 1.87. The summed E-state index contributed by atoms with van der Waals surface area (Å²) in [4.78, 5) is 20.1. The van der Waals surface area contributed by atoms with E-state index in [9.17, 15) is 4.79 Å². The maximum atomic E-state index is 12.0. The molecule has 3 aromatic rings. The quantitative estimate of drug-likeness (QED) is 0.720. The van der Waals surface area contributed by atoms with Gasteiger partial charge < -0.3 is 9.88 Å². The molecule has 0 aliphatic rings. The van der Waals surface area contributed by atoms with E-state index in [4.69, 9.17) is 0 Å². The number of amides is 1.